The van der Waals surface area contributed by atoms with Crippen LogP contribution in [0.1, 0.15) is 48.3 Å². The van der Waals surface area contributed by atoms with Crippen molar-refractivity contribution >= 4 is 22.6 Å². The molecule has 5 N–H and O–H groups in total. The number of nitrogens with zero attached hydrogens (tertiary/aromatic N) is 2. The molecule has 2 aromatic heterocycles. The van der Waals surface area contributed by atoms with Crippen molar-refractivity contribution in [2.24, 2.45) is 5.92 Å². The number of aromatic amines is 1. The Morgan fingerprint density at radius 3 is 2.86 bits per heavy atom. The minimum Gasteiger partial charge on any atom is -0.367 e. The fourth-order valence-corrected chi connectivity index (χ4v) is 5.41. The molecule has 36 heavy (non-hydrogen) atoms. The number of nitrogens with one attached hydrogen (secondary N) is 5. The molecule has 1 aliphatic carbocycles. The molecule has 8 nitrogen and oxygen atoms in total. The topological polar surface area (TPSA) is 107 Å². The van der Waals surface area contributed by atoms with Gasteiger partial charge in [0.1, 0.15) is 11.5 Å². The lowest BCUT2D eigenvalue weighted by Gasteiger charge is -2.31. The van der Waals surface area contributed by atoms with Gasteiger partial charge in [-0.25, -0.2) is 9.97 Å². The Bertz CT molecular complexity index is 1370. The van der Waals surface area contributed by atoms with Gasteiger partial charge in [-0.2, -0.15) is 0 Å². The van der Waals surface area contributed by atoms with E-state index in [0.717, 1.165) is 53.7 Å². The third-order valence-corrected chi connectivity index (χ3v) is 7.41. The molecule has 0 radical (unpaired) electrons. The van der Waals surface area contributed by atoms with Crippen LogP contribution >= 0.6 is 0 Å². The van der Waals surface area contributed by atoms with E-state index in [-0.39, 0.29) is 11.9 Å². The normalized spacial score (nSPS) is 22.2. The molecule has 6 rings (SSSR count). The van der Waals surface area contributed by atoms with Gasteiger partial charge in [-0.3, -0.25) is 15.6 Å². The second kappa shape index (κ2) is 9.72. The van der Waals surface area contributed by atoms with Gasteiger partial charge >= 0.3 is 0 Å². The van der Waals surface area contributed by atoms with Crippen molar-refractivity contribution in [3.05, 3.63) is 78.1 Å². The number of hydrogen-bond acceptors (Lipinski definition) is 6. The summed E-state index contributed by atoms with van der Waals surface area (Å²) in [5, 5.41) is 7.67. The van der Waals surface area contributed by atoms with Crippen molar-refractivity contribution in [1.29, 1.82) is 0 Å². The van der Waals surface area contributed by atoms with E-state index >= 15 is 0 Å². The largest absolute Gasteiger partial charge is 0.367 e. The lowest BCUT2D eigenvalue weighted by Crippen LogP contribution is -2.39. The number of anilines is 1. The fourth-order valence-electron chi connectivity index (χ4n) is 5.41. The molecular formula is C28H31N7O. The Balaban J connectivity index is 1.16. The molecule has 2 aliphatic rings. The molecule has 2 aromatic carbocycles. The first-order valence-corrected chi connectivity index (χ1v) is 12.7. The molecule has 184 valence electrons. The predicted molar refractivity (Wildman–Crippen MR) is 141 cm³/mol. The number of fused-ring (bicyclic) bond motifs is 2. The van der Waals surface area contributed by atoms with Crippen LogP contribution in [0, 0.1) is 5.92 Å². The Hall–Kier alpha value is -3.75. The van der Waals surface area contributed by atoms with Crippen molar-refractivity contribution in [3.8, 4) is 11.4 Å². The highest BCUT2D eigenvalue weighted by molar-refractivity contribution is 5.98. The third-order valence-electron chi connectivity index (χ3n) is 7.41. The minimum absolute atomic E-state index is 0.0828. The summed E-state index contributed by atoms with van der Waals surface area (Å²) in [6.07, 6.45) is 5.22. The molecule has 4 aromatic rings. The van der Waals surface area contributed by atoms with E-state index < -0.39 is 0 Å². The van der Waals surface area contributed by atoms with Gasteiger partial charge in [0.15, 0.2) is 5.82 Å². The maximum Gasteiger partial charge on any atom is 0.268 e. The molecule has 1 saturated carbocycles. The SMILES string of the molecule is CC(NC(=O)c1cc2ccc(-c3nccc(NC4CCC5NNCC5C4)n3)cc2[nH]1)c1ccccc1. The van der Waals surface area contributed by atoms with Gasteiger partial charge in [-0.15, -0.1) is 0 Å². The smallest absolute Gasteiger partial charge is 0.268 e. The van der Waals surface area contributed by atoms with Crippen LogP contribution in [0.3, 0.4) is 0 Å². The van der Waals surface area contributed by atoms with Crippen LogP contribution in [0.15, 0.2) is 66.9 Å². The van der Waals surface area contributed by atoms with E-state index in [9.17, 15) is 4.79 Å². The van der Waals surface area contributed by atoms with Crippen molar-refractivity contribution < 1.29 is 4.79 Å². The number of carbonyl (C=O) groups excluding carboxylic acids is 1. The number of benzene rings is 2. The highest BCUT2D eigenvalue weighted by atomic mass is 16.1. The molecule has 0 bridgehead atoms. The number of carbonyl (C=O) groups is 1. The number of aromatic nitrogens is 3. The van der Waals surface area contributed by atoms with Gasteiger partial charge in [-0.1, -0.05) is 42.5 Å². The first-order valence-electron chi connectivity index (χ1n) is 12.7. The molecule has 1 amide bonds. The molecule has 1 saturated heterocycles. The molecule has 4 atom stereocenters. The summed E-state index contributed by atoms with van der Waals surface area (Å²) in [4.78, 5) is 25.5. The van der Waals surface area contributed by atoms with Crippen LogP contribution < -0.4 is 21.5 Å². The van der Waals surface area contributed by atoms with E-state index in [1.54, 1.807) is 6.20 Å². The van der Waals surface area contributed by atoms with Crippen LogP contribution in [-0.2, 0) is 0 Å². The lowest BCUT2D eigenvalue weighted by atomic mass is 9.83. The monoisotopic (exact) mass is 481 g/mol. The summed E-state index contributed by atoms with van der Waals surface area (Å²) in [6, 6.07) is 20.7. The Kier molecular flexibility index (Phi) is 6.13. The van der Waals surface area contributed by atoms with Gasteiger partial charge in [0.05, 0.1) is 6.04 Å². The number of hydrazine groups is 1. The minimum atomic E-state index is -0.131. The zero-order valence-corrected chi connectivity index (χ0v) is 20.3. The molecule has 8 heteroatoms. The number of hydrogen-bond donors (Lipinski definition) is 5. The first kappa shape index (κ1) is 22.7. The fraction of sp³-hybridized carbons (Fsp3) is 0.321. The highest BCUT2D eigenvalue weighted by Crippen LogP contribution is 2.29. The number of amides is 1. The molecular weight excluding hydrogens is 450 g/mol. The average Bonchev–Trinajstić information content (AvgIpc) is 3.55. The van der Waals surface area contributed by atoms with Gasteiger partial charge in [0.2, 0.25) is 0 Å². The summed E-state index contributed by atoms with van der Waals surface area (Å²) in [7, 11) is 0. The molecule has 2 fully saturated rings. The van der Waals surface area contributed by atoms with Gasteiger partial charge < -0.3 is 15.6 Å². The van der Waals surface area contributed by atoms with E-state index in [1.165, 1.54) is 0 Å². The summed E-state index contributed by atoms with van der Waals surface area (Å²) in [5.41, 5.74) is 10.1. The average molecular weight is 482 g/mol. The third kappa shape index (κ3) is 4.69. The van der Waals surface area contributed by atoms with E-state index in [0.29, 0.717) is 29.5 Å². The second-order valence-electron chi connectivity index (χ2n) is 9.90. The van der Waals surface area contributed by atoms with Crippen molar-refractivity contribution in [3.63, 3.8) is 0 Å². The summed E-state index contributed by atoms with van der Waals surface area (Å²) < 4.78 is 0. The molecule has 1 aliphatic heterocycles. The van der Waals surface area contributed by atoms with E-state index in [2.05, 4.69) is 31.5 Å². The van der Waals surface area contributed by atoms with Crippen LogP contribution in [0.5, 0.6) is 0 Å². The number of H-pyrrole nitrogens is 1. The van der Waals surface area contributed by atoms with Crippen LogP contribution in [0.25, 0.3) is 22.3 Å². The summed E-state index contributed by atoms with van der Waals surface area (Å²) in [5.74, 6) is 2.05. The number of rotatable bonds is 6. The van der Waals surface area contributed by atoms with Crippen LogP contribution in [-0.4, -0.2) is 39.5 Å². The molecule has 0 spiro atoms. The van der Waals surface area contributed by atoms with Crippen LogP contribution in [0.2, 0.25) is 0 Å². The quantitative estimate of drug-likeness (QED) is 0.283. The predicted octanol–water partition coefficient (Wildman–Crippen LogP) is 4.17. The van der Waals surface area contributed by atoms with Crippen molar-refractivity contribution in [2.45, 2.75) is 44.3 Å². The summed E-state index contributed by atoms with van der Waals surface area (Å²) in [6.45, 7) is 3.01. The Morgan fingerprint density at radius 2 is 1.97 bits per heavy atom. The molecule has 3 heterocycles. The highest BCUT2D eigenvalue weighted by Gasteiger charge is 2.33. The zero-order chi connectivity index (χ0) is 24.5. The van der Waals surface area contributed by atoms with E-state index in [1.807, 2.05) is 67.6 Å². The zero-order valence-electron chi connectivity index (χ0n) is 20.3. The first-order chi connectivity index (χ1) is 17.6. The van der Waals surface area contributed by atoms with Gasteiger partial charge in [0, 0.05) is 41.3 Å². The van der Waals surface area contributed by atoms with Crippen molar-refractivity contribution in [1.82, 2.24) is 31.1 Å². The lowest BCUT2D eigenvalue weighted by molar-refractivity contribution is 0.0935. The Labute approximate surface area is 210 Å². The van der Waals surface area contributed by atoms with Gasteiger partial charge in [0.25, 0.3) is 5.91 Å². The Morgan fingerprint density at radius 1 is 1.08 bits per heavy atom. The van der Waals surface area contributed by atoms with E-state index in [4.69, 9.17) is 4.98 Å². The molecule has 4 unspecified atom stereocenters. The van der Waals surface area contributed by atoms with Crippen LogP contribution in [0.4, 0.5) is 5.82 Å². The summed E-state index contributed by atoms with van der Waals surface area (Å²) >= 11 is 0. The van der Waals surface area contributed by atoms with Crippen molar-refractivity contribution in [2.75, 3.05) is 11.9 Å². The maximum atomic E-state index is 12.9. The van der Waals surface area contributed by atoms with Gasteiger partial charge in [-0.05, 0) is 55.9 Å². The standard InChI is InChI=1S/C28H31N7O/c1-17(18-5-3-2-4-6-18)31-28(36)25-14-19-7-8-20(15-24(19)33-25)27-29-12-11-26(34-27)32-22-9-10-23-21(13-22)16-30-35-23/h2-8,11-12,14-15,17,21-23,30,33,35H,9-10,13,16H2,1H3,(H,31,36)(H,29,32,34). The second-order valence-corrected chi connectivity index (χ2v) is 9.90. The maximum absolute atomic E-state index is 12.9.